The summed E-state index contributed by atoms with van der Waals surface area (Å²) in [5.41, 5.74) is 1.96. The fourth-order valence-electron chi connectivity index (χ4n) is 4.10. The maximum Gasteiger partial charge on any atom is 0.324 e. The number of nitrogens with zero attached hydrogens (tertiary/aromatic N) is 1. The van der Waals surface area contributed by atoms with E-state index in [2.05, 4.69) is 29.5 Å². The second-order valence-electron chi connectivity index (χ2n) is 9.08. The van der Waals surface area contributed by atoms with Gasteiger partial charge in [-0.15, -0.1) is 0 Å². The lowest BCUT2D eigenvalue weighted by Crippen LogP contribution is -2.35. The number of urea groups is 1. The van der Waals surface area contributed by atoms with Gasteiger partial charge in [0.05, 0.1) is 0 Å². The highest BCUT2D eigenvalue weighted by Gasteiger charge is 2.37. The first-order valence-electron chi connectivity index (χ1n) is 11.4. The standard InChI is InChI=1S/C24H33ClN4O3/c1-15(2)5-4-6-16(3)27-22(30)10-9-21-23(31)29(24(32)28-21)12-11-17-14-26-20-8-7-18(25)13-19(17)20/h7-8,13-16,21,26H,4-6,9-12H2,1-3H3,(H,27,30)(H,28,32)/t16-,21+/m1/s1. The van der Waals surface area contributed by atoms with E-state index in [0.29, 0.717) is 23.8 Å². The Morgan fingerprint density at radius 3 is 2.75 bits per heavy atom. The topological polar surface area (TPSA) is 94.3 Å². The quantitative estimate of drug-likeness (QED) is 0.434. The van der Waals surface area contributed by atoms with Gasteiger partial charge in [-0.25, -0.2) is 4.79 Å². The molecule has 1 aliphatic heterocycles. The van der Waals surface area contributed by atoms with Gasteiger partial charge in [0.2, 0.25) is 5.91 Å². The Morgan fingerprint density at radius 2 is 2.00 bits per heavy atom. The minimum Gasteiger partial charge on any atom is -0.361 e. The number of carbonyl (C=O) groups excluding carboxylic acids is 3. The van der Waals surface area contributed by atoms with Crippen LogP contribution in [0.2, 0.25) is 5.02 Å². The number of aromatic nitrogens is 1. The molecule has 1 aliphatic rings. The van der Waals surface area contributed by atoms with Crippen molar-refractivity contribution in [2.24, 2.45) is 5.92 Å². The summed E-state index contributed by atoms with van der Waals surface area (Å²) in [6, 6.07) is 4.65. The van der Waals surface area contributed by atoms with Crippen molar-refractivity contribution >= 4 is 40.3 Å². The first-order chi connectivity index (χ1) is 15.2. The molecule has 0 saturated carbocycles. The lowest BCUT2D eigenvalue weighted by atomic mass is 10.0. The number of rotatable bonds is 11. The number of H-pyrrole nitrogens is 1. The third-order valence-corrected chi connectivity index (χ3v) is 6.16. The first kappa shape index (κ1) is 24.1. The fraction of sp³-hybridized carbons (Fsp3) is 0.542. The lowest BCUT2D eigenvalue weighted by molar-refractivity contribution is -0.127. The highest BCUT2D eigenvalue weighted by atomic mass is 35.5. The molecule has 1 aromatic heterocycles. The Balaban J connectivity index is 1.46. The molecule has 32 heavy (non-hydrogen) atoms. The summed E-state index contributed by atoms with van der Waals surface area (Å²) in [4.78, 5) is 41.7. The second-order valence-corrected chi connectivity index (χ2v) is 9.51. The third-order valence-electron chi connectivity index (χ3n) is 5.93. The van der Waals surface area contributed by atoms with E-state index in [4.69, 9.17) is 11.6 Å². The van der Waals surface area contributed by atoms with Crippen molar-refractivity contribution in [1.29, 1.82) is 0 Å². The van der Waals surface area contributed by atoms with E-state index >= 15 is 0 Å². The van der Waals surface area contributed by atoms with Gasteiger partial charge in [-0.2, -0.15) is 0 Å². The lowest BCUT2D eigenvalue weighted by Gasteiger charge is -2.15. The summed E-state index contributed by atoms with van der Waals surface area (Å²) in [5, 5.41) is 7.33. The van der Waals surface area contributed by atoms with Crippen LogP contribution in [0, 0.1) is 5.92 Å². The van der Waals surface area contributed by atoms with Crippen molar-refractivity contribution in [1.82, 2.24) is 20.5 Å². The monoisotopic (exact) mass is 460 g/mol. The van der Waals surface area contributed by atoms with Gasteiger partial charge >= 0.3 is 6.03 Å². The number of aromatic amines is 1. The molecule has 3 N–H and O–H groups in total. The number of carbonyl (C=O) groups is 3. The van der Waals surface area contributed by atoms with Gasteiger partial charge in [-0.3, -0.25) is 14.5 Å². The van der Waals surface area contributed by atoms with Crippen LogP contribution in [-0.4, -0.2) is 46.4 Å². The highest BCUT2D eigenvalue weighted by Crippen LogP contribution is 2.23. The number of halogens is 1. The highest BCUT2D eigenvalue weighted by molar-refractivity contribution is 6.31. The first-order valence-corrected chi connectivity index (χ1v) is 11.8. The van der Waals surface area contributed by atoms with Crippen LogP contribution < -0.4 is 10.6 Å². The summed E-state index contributed by atoms with van der Waals surface area (Å²) in [6.45, 7) is 6.66. The Labute approximate surface area is 194 Å². The van der Waals surface area contributed by atoms with Crippen LogP contribution in [0.15, 0.2) is 24.4 Å². The number of benzene rings is 1. The fourth-order valence-corrected chi connectivity index (χ4v) is 4.27. The van der Waals surface area contributed by atoms with Crippen LogP contribution in [0.5, 0.6) is 0 Å². The van der Waals surface area contributed by atoms with E-state index in [9.17, 15) is 14.4 Å². The summed E-state index contributed by atoms with van der Waals surface area (Å²) in [6.07, 6.45) is 6.08. The molecule has 2 heterocycles. The molecule has 1 aromatic carbocycles. The van der Waals surface area contributed by atoms with Gasteiger partial charge in [0.25, 0.3) is 5.91 Å². The molecular weight excluding hydrogens is 428 g/mol. The maximum atomic E-state index is 12.7. The minimum atomic E-state index is -0.651. The number of imide groups is 1. The van der Waals surface area contributed by atoms with E-state index in [1.807, 2.05) is 31.3 Å². The molecular formula is C24H33ClN4O3. The van der Waals surface area contributed by atoms with Gasteiger partial charge in [0.15, 0.2) is 0 Å². The zero-order chi connectivity index (χ0) is 23.3. The van der Waals surface area contributed by atoms with Gasteiger partial charge < -0.3 is 15.6 Å². The molecule has 8 heteroatoms. The molecule has 7 nitrogen and oxygen atoms in total. The SMILES string of the molecule is CC(C)CCC[C@@H](C)NC(=O)CC[C@@H]1NC(=O)N(CCc2c[nH]c3ccc(Cl)cc23)C1=O. The smallest absolute Gasteiger partial charge is 0.324 e. The molecule has 0 aliphatic carbocycles. The number of hydrogen-bond acceptors (Lipinski definition) is 3. The Morgan fingerprint density at radius 1 is 1.22 bits per heavy atom. The molecule has 0 spiro atoms. The van der Waals surface area contributed by atoms with E-state index in [1.54, 1.807) is 0 Å². The van der Waals surface area contributed by atoms with Gasteiger partial charge in [0, 0.05) is 41.1 Å². The largest absolute Gasteiger partial charge is 0.361 e. The molecule has 174 valence electrons. The molecule has 4 amide bonds. The predicted octanol–water partition coefficient (Wildman–Crippen LogP) is 4.40. The zero-order valence-corrected chi connectivity index (χ0v) is 19.8. The van der Waals surface area contributed by atoms with Crippen molar-refractivity contribution in [3.63, 3.8) is 0 Å². The van der Waals surface area contributed by atoms with E-state index in [0.717, 1.165) is 35.7 Å². The molecule has 1 fully saturated rings. The number of nitrogens with one attached hydrogen (secondary N) is 3. The predicted molar refractivity (Wildman–Crippen MR) is 127 cm³/mol. The summed E-state index contributed by atoms with van der Waals surface area (Å²) < 4.78 is 0. The number of amides is 4. The molecule has 2 aromatic rings. The average Bonchev–Trinajstić information content (AvgIpc) is 3.24. The Bertz CT molecular complexity index is 971. The van der Waals surface area contributed by atoms with Gasteiger partial charge in [0.1, 0.15) is 6.04 Å². The van der Waals surface area contributed by atoms with E-state index in [1.165, 1.54) is 4.90 Å². The van der Waals surface area contributed by atoms with Crippen molar-refractivity contribution in [2.75, 3.05) is 6.54 Å². The molecule has 0 unspecified atom stereocenters. The Kier molecular flexibility index (Phi) is 8.18. The molecule has 2 atom stereocenters. The zero-order valence-electron chi connectivity index (χ0n) is 19.0. The molecule has 1 saturated heterocycles. The van der Waals surface area contributed by atoms with Crippen LogP contribution in [0.25, 0.3) is 10.9 Å². The Hall–Kier alpha value is -2.54. The van der Waals surface area contributed by atoms with Crippen molar-refractivity contribution in [2.45, 2.75) is 71.4 Å². The summed E-state index contributed by atoms with van der Waals surface area (Å²) >= 11 is 6.09. The van der Waals surface area contributed by atoms with Crippen molar-refractivity contribution < 1.29 is 14.4 Å². The normalized spacial score (nSPS) is 17.3. The molecule has 3 rings (SSSR count). The van der Waals surface area contributed by atoms with Crippen LogP contribution in [0.4, 0.5) is 4.79 Å². The number of fused-ring (bicyclic) bond motifs is 1. The van der Waals surface area contributed by atoms with Crippen molar-refractivity contribution in [3.05, 3.63) is 35.0 Å². The maximum absolute atomic E-state index is 12.7. The van der Waals surface area contributed by atoms with Gasteiger partial charge in [-0.05, 0) is 55.9 Å². The molecule has 0 radical (unpaired) electrons. The number of hydrogen-bond donors (Lipinski definition) is 3. The third kappa shape index (κ3) is 6.25. The van der Waals surface area contributed by atoms with Crippen molar-refractivity contribution in [3.8, 4) is 0 Å². The van der Waals surface area contributed by atoms with Crippen LogP contribution >= 0.6 is 11.6 Å². The summed E-state index contributed by atoms with van der Waals surface area (Å²) in [5.74, 6) is 0.301. The van der Waals surface area contributed by atoms with Crippen LogP contribution in [-0.2, 0) is 16.0 Å². The van der Waals surface area contributed by atoms with Gasteiger partial charge in [-0.1, -0.05) is 38.3 Å². The minimum absolute atomic E-state index is 0.0850. The van der Waals surface area contributed by atoms with E-state index < -0.39 is 12.1 Å². The second kappa shape index (κ2) is 10.9. The van der Waals surface area contributed by atoms with Crippen LogP contribution in [0.3, 0.4) is 0 Å². The van der Waals surface area contributed by atoms with Crippen LogP contribution in [0.1, 0.15) is 58.4 Å². The van der Waals surface area contributed by atoms with E-state index in [-0.39, 0.29) is 30.8 Å². The molecule has 0 bridgehead atoms. The average molecular weight is 461 g/mol. The summed E-state index contributed by atoms with van der Waals surface area (Å²) in [7, 11) is 0.